The maximum atomic E-state index is 12.2. The first-order valence-electron chi connectivity index (χ1n) is 10.4. The minimum Gasteiger partial charge on any atom is -0.494 e. The van der Waals surface area contributed by atoms with Crippen LogP contribution in [0.15, 0.2) is 30.6 Å². The Morgan fingerprint density at radius 2 is 2.03 bits per heavy atom. The topological polar surface area (TPSA) is 103 Å². The van der Waals surface area contributed by atoms with Crippen LogP contribution in [0.2, 0.25) is 0 Å². The lowest BCUT2D eigenvalue weighted by Gasteiger charge is -2.30. The van der Waals surface area contributed by atoms with Gasteiger partial charge in [-0.3, -0.25) is 9.78 Å². The summed E-state index contributed by atoms with van der Waals surface area (Å²) >= 11 is 0. The third-order valence-electron chi connectivity index (χ3n) is 5.80. The van der Waals surface area contributed by atoms with Crippen LogP contribution < -0.4 is 10.1 Å². The normalized spacial score (nSPS) is 21.2. The van der Waals surface area contributed by atoms with Crippen LogP contribution in [0.1, 0.15) is 25.3 Å². The maximum Gasteiger partial charge on any atom is 0.407 e. The summed E-state index contributed by atoms with van der Waals surface area (Å²) in [6.45, 7) is 2.69. The number of rotatable bonds is 1. The van der Waals surface area contributed by atoms with E-state index >= 15 is 0 Å². The van der Waals surface area contributed by atoms with Gasteiger partial charge in [0.1, 0.15) is 18.1 Å². The van der Waals surface area contributed by atoms with Crippen LogP contribution in [-0.2, 0) is 9.47 Å². The molecule has 0 aliphatic carbocycles. The van der Waals surface area contributed by atoms with Gasteiger partial charge in [0.2, 0.25) is 0 Å². The van der Waals surface area contributed by atoms with Gasteiger partial charge in [-0.2, -0.15) is 10.2 Å². The maximum absolute atomic E-state index is 12.2. The summed E-state index contributed by atoms with van der Waals surface area (Å²) in [5.41, 5.74) is 2.69. The molecule has 158 valence electrons. The van der Waals surface area contributed by atoms with Gasteiger partial charge in [0.15, 0.2) is 0 Å². The molecule has 5 rings (SSSR count). The average molecular weight is 411 g/mol. The van der Waals surface area contributed by atoms with Gasteiger partial charge >= 0.3 is 6.09 Å². The number of hydrogen-bond acceptors (Lipinski definition) is 6. The molecule has 30 heavy (non-hydrogen) atoms. The molecule has 2 N–H and O–H groups in total. The number of cyclic esters (lactones) is 1. The predicted octanol–water partition coefficient (Wildman–Crippen LogP) is 2.90. The van der Waals surface area contributed by atoms with E-state index in [9.17, 15) is 4.79 Å². The fourth-order valence-electron chi connectivity index (χ4n) is 4.14. The van der Waals surface area contributed by atoms with Crippen molar-refractivity contribution < 1.29 is 19.0 Å². The van der Waals surface area contributed by atoms with E-state index in [1.54, 1.807) is 0 Å². The number of fused-ring (bicyclic) bond motifs is 4. The summed E-state index contributed by atoms with van der Waals surface area (Å²) in [5, 5.41) is 16.0. The molecule has 1 aromatic carbocycles. The molecule has 2 aliphatic heterocycles. The van der Waals surface area contributed by atoms with E-state index in [0.29, 0.717) is 38.7 Å². The quantitative estimate of drug-likeness (QED) is 0.638. The standard InChI is InChI=1S/C21H25N5O4/c27-21-22-6-1-7-29-16-2-3-18-17(10-16)20(25-24-18)15-11-23-26(12-15)19(13-30-21)14-4-8-28-9-5-14/h2-3,10-12,14,19H,1,4-9,13H2,(H,22,27)(H,24,25). The SMILES string of the molecule is O=C1NCCCOc2ccc3[nH]nc(c3c2)-c2cnn(c2)C(C2CCOCC2)CO1. The molecular formula is C21H25N5O4. The van der Waals surface area contributed by atoms with E-state index in [1.165, 1.54) is 0 Å². The van der Waals surface area contributed by atoms with Gasteiger partial charge < -0.3 is 19.5 Å². The molecule has 2 aromatic heterocycles. The van der Waals surface area contributed by atoms with Crippen LogP contribution >= 0.6 is 0 Å². The molecule has 1 saturated heterocycles. The molecule has 4 bridgehead atoms. The number of benzene rings is 1. The predicted molar refractivity (Wildman–Crippen MR) is 109 cm³/mol. The molecule has 3 aromatic rings. The van der Waals surface area contributed by atoms with Crippen molar-refractivity contribution >= 4 is 17.0 Å². The molecule has 2 aliphatic rings. The molecule has 0 spiro atoms. The summed E-state index contributed by atoms with van der Waals surface area (Å²) in [4.78, 5) is 12.2. The highest BCUT2D eigenvalue weighted by atomic mass is 16.5. The molecule has 0 radical (unpaired) electrons. The van der Waals surface area contributed by atoms with Crippen LogP contribution in [0.4, 0.5) is 4.79 Å². The summed E-state index contributed by atoms with van der Waals surface area (Å²) < 4.78 is 18.8. The number of aromatic amines is 1. The Kier molecular flexibility index (Phi) is 5.27. The zero-order chi connectivity index (χ0) is 20.3. The summed E-state index contributed by atoms with van der Waals surface area (Å²) in [6.07, 6.45) is 5.90. The molecule has 1 atom stereocenters. The minimum absolute atomic E-state index is 0.0505. The number of nitrogens with zero attached hydrogens (tertiary/aromatic N) is 3. The van der Waals surface area contributed by atoms with Crippen LogP contribution in [-0.4, -0.2) is 59.0 Å². The van der Waals surface area contributed by atoms with Crippen LogP contribution in [0.25, 0.3) is 22.2 Å². The fraction of sp³-hybridized carbons (Fsp3) is 0.476. The lowest BCUT2D eigenvalue weighted by atomic mass is 9.92. The Labute approximate surface area is 173 Å². The number of amides is 1. The molecule has 4 heterocycles. The lowest BCUT2D eigenvalue weighted by molar-refractivity contribution is 0.0292. The Bertz CT molecular complexity index is 1020. The number of carbonyl (C=O) groups is 1. The molecule has 9 heteroatoms. The van der Waals surface area contributed by atoms with Crippen molar-refractivity contribution in [2.75, 3.05) is 33.0 Å². The van der Waals surface area contributed by atoms with E-state index in [4.69, 9.17) is 14.2 Å². The molecule has 1 amide bonds. The average Bonchev–Trinajstić information content (AvgIpc) is 3.40. The molecule has 9 nitrogen and oxygen atoms in total. The van der Waals surface area contributed by atoms with E-state index in [-0.39, 0.29) is 12.6 Å². The van der Waals surface area contributed by atoms with Crippen molar-refractivity contribution in [1.29, 1.82) is 0 Å². The second kappa shape index (κ2) is 8.35. The fourth-order valence-corrected chi connectivity index (χ4v) is 4.14. The van der Waals surface area contributed by atoms with Gasteiger partial charge in [-0.25, -0.2) is 4.79 Å². The highest BCUT2D eigenvalue weighted by Crippen LogP contribution is 2.32. The number of aromatic nitrogens is 4. The van der Waals surface area contributed by atoms with Gasteiger partial charge in [-0.05, 0) is 43.4 Å². The van der Waals surface area contributed by atoms with Crippen molar-refractivity contribution in [3.05, 3.63) is 30.6 Å². The van der Waals surface area contributed by atoms with Crippen molar-refractivity contribution in [2.24, 2.45) is 5.92 Å². The molecule has 1 unspecified atom stereocenters. The Morgan fingerprint density at radius 3 is 2.93 bits per heavy atom. The first-order valence-corrected chi connectivity index (χ1v) is 10.4. The zero-order valence-electron chi connectivity index (χ0n) is 16.7. The third-order valence-corrected chi connectivity index (χ3v) is 5.80. The molecular weight excluding hydrogens is 386 g/mol. The van der Waals surface area contributed by atoms with Gasteiger partial charge in [0, 0.05) is 36.9 Å². The summed E-state index contributed by atoms with van der Waals surface area (Å²) in [6, 6.07) is 5.83. The number of nitrogens with one attached hydrogen (secondary N) is 2. The number of H-pyrrole nitrogens is 1. The summed E-state index contributed by atoms with van der Waals surface area (Å²) in [5.74, 6) is 1.10. The Balaban J connectivity index is 1.52. The molecule has 1 fully saturated rings. The smallest absolute Gasteiger partial charge is 0.407 e. The Morgan fingerprint density at radius 1 is 1.13 bits per heavy atom. The largest absolute Gasteiger partial charge is 0.494 e. The van der Waals surface area contributed by atoms with Gasteiger partial charge in [-0.1, -0.05) is 0 Å². The number of hydrogen-bond donors (Lipinski definition) is 2. The highest BCUT2D eigenvalue weighted by molar-refractivity contribution is 5.93. The van der Waals surface area contributed by atoms with Crippen molar-refractivity contribution in [2.45, 2.75) is 25.3 Å². The van der Waals surface area contributed by atoms with Gasteiger partial charge in [0.05, 0.1) is 24.4 Å². The van der Waals surface area contributed by atoms with Crippen LogP contribution in [0.5, 0.6) is 5.75 Å². The third kappa shape index (κ3) is 3.85. The lowest BCUT2D eigenvalue weighted by Crippen LogP contribution is -2.33. The van der Waals surface area contributed by atoms with Gasteiger partial charge in [-0.15, -0.1) is 0 Å². The second-order valence-corrected chi connectivity index (χ2v) is 7.73. The van der Waals surface area contributed by atoms with Crippen molar-refractivity contribution in [1.82, 2.24) is 25.3 Å². The van der Waals surface area contributed by atoms with E-state index in [1.807, 2.05) is 35.3 Å². The first kappa shape index (κ1) is 18.9. The molecule has 0 saturated carbocycles. The number of ether oxygens (including phenoxy) is 3. The minimum atomic E-state index is -0.414. The monoisotopic (exact) mass is 411 g/mol. The van der Waals surface area contributed by atoms with Crippen LogP contribution in [0, 0.1) is 5.92 Å². The highest BCUT2D eigenvalue weighted by Gasteiger charge is 2.28. The summed E-state index contributed by atoms with van der Waals surface area (Å²) in [7, 11) is 0. The first-order chi connectivity index (χ1) is 14.8. The van der Waals surface area contributed by atoms with E-state index in [2.05, 4.69) is 20.6 Å². The van der Waals surface area contributed by atoms with Crippen LogP contribution in [0.3, 0.4) is 0 Å². The second-order valence-electron chi connectivity index (χ2n) is 7.73. The van der Waals surface area contributed by atoms with Crippen molar-refractivity contribution in [3.8, 4) is 17.0 Å². The number of alkyl carbamates (subject to hydrolysis) is 1. The van der Waals surface area contributed by atoms with Gasteiger partial charge in [0.25, 0.3) is 0 Å². The zero-order valence-corrected chi connectivity index (χ0v) is 16.7. The van der Waals surface area contributed by atoms with Crippen molar-refractivity contribution in [3.63, 3.8) is 0 Å². The van der Waals surface area contributed by atoms with E-state index < -0.39 is 6.09 Å². The number of carbonyl (C=O) groups excluding carboxylic acids is 1. The Hall–Kier alpha value is -3.07. The van der Waals surface area contributed by atoms with E-state index in [0.717, 1.165) is 40.8 Å².